The van der Waals surface area contributed by atoms with Crippen molar-refractivity contribution in [3.8, 4) is 0 Å². The van der Waals surface area contributed by atoms with Crippen molar-refractivity contribution >= 4 is 5.91 Å². The normalized spacial score (nSPS) is 31.3. The van der Waals surface area contributed by atoms with E-state index in [9.17, 15) is 4.79 Å². The highest BCUT2D eigenvalue weighted by Crippen LogP contribution is 2.34. The minimum Gasteiger partial charge on any atom is -0.342 e. The van der Waals surface area contributed by atoms with Crippen LogP contribution in [0.4, 0.5) is 0 Å². The summed E-state index contributed by atoms with van der Waals surface area (Å²) >= 11 is 0. The van der Waals surface area contributed by atoms with Gasteiger partial charge in [-0.3, -0.25) is 4.79 Å². The molecule has 5 nitrogen and oxygen atoms in total. The Morgan fingerprint density at radius 3 is 2.67 bits per heavy atom. The number of likely N-dealkylation sites (tertiary alicyclic amines) is 1. The number of carbonyl (C=O) groups excluding carboxylic acids is 1. The molecule has 1 aliphatic carbocycles. The molecule has 1 saturated carbocycles. The van der Waals surface area contributed by atoms with Crippen molar-refractivity contribution in [2.75, 3.05) is 13.1 Å². The molecule has 2 heterocycles. The van der Waals surface area contributed by atoms with Crippen LogP contribution in [0.1, 0.15) is 51.5 Å². The smallest absolute Gasteiger partial charge is 0.227 e. The van der Waals surface area contributed by atoms with Crippen molar-refractivity contribution in [2.45, 2.75) is 57.0 Å². The fourth-order valence-electron chi connectivity index (χ4n) is 3.85. The summed E-state index contributed by atoms with van der Waals surface area (Å²) in [6.45, 7) is 3.73. The summed E-state index contributed by atoms with van der Waals surface area (Å²) in [7, 11) is 0. The van der Waals surface area contributed by atoms with Crippen molar-refractivity contribution in [3.05, 3.63) is 18.7 Å². The molecule has 2 fully saturated rings. The maximum atomic E-state index is 12.8. The number of rotatable bonds is 2. The predicted octanol–water partition coefficient (Wildman–Crippen LogP) is 1.95. The van der Waals surface area contributed by atoms with E-state index in [2.05, 4.69) is 9.55 Å². The van der Waals surface area contributed by atoms with Crippen LogP contribution < -0.4 is 5.73 Å². The van der Waals surface area contributed by atoms with Gasteiger partial charge in [-0.05, 0) is 32.6 Å². The minimum absolute atomic E-state index is 0.0102. The van der Waals surface area contributed by atoms with Crippen LogP contribution in [0.2, 0.25) is 0 Å². The number of nitrogens with two attached hydrogens (primary N) is 1. The molecule has 2 atom stereocenters. The van der Waals surface area contributed by atoms with Gasteiger partial charge in [0.15, 0.2) is 0 Å². The second kappa shape index (κ2) is 5.79. The molecule has 0 aromatic carbocycles. The summed E-state index contributed by atoms with van der Waals surface area (Å²) in [6, 6.07) is 0.479. The van der Waals surface area contributed by atoms with Gasteiger partial charge in [0.25, 0.3) is 0 Å². The Kier molecular flexibility index (Phi) is 4.02. The van der Waals surface area contributed by atoms with Gasteiger partial charge in [-0.25, -0.2) is 4.98 Å². The average molecular weight is 290 g/mol. The summed E-state index contributed by atoms with van der Waals surface area (Å²) in [5.41, 5.74) is 6.05. The van der Waals surface area contributed by atoms with Crippen LogP contribution in [0, 0.1) is 5.92 Å². The summed E-state index contributed by atoms with van der Waals surface area (Å²) in [5, 5.41) is 0. The molecule has 21 heavy (non-hydrogen) atoms. The van der Waals surface area contributed by atoms with Crippen LogP contribution in [-0.4, -0.2) is 39.0 Å². The summed E-state index contributed by atoms with van der Waals surface area (Å²) < 4.78 is 2.16. The molecule has 1 aromatic heterocycles. The van der Waals surface area contributed by atoms with Gasteiger partial charge < -0.3 is 15.2 Å². The molecule has 5 heteroatoms. The van der Waals surface area contributed by atoms with E-state index in [4.69, 9.17) is 5.73 Å². The van der Waals surface area contributed by atoms with E-state index in [1.54, 1.807) is 0 Å². The highest BCUT2D eigenvalue weighted by molar-refractivity contribution is 5.80. The van der Waals surface area contributed by atoms with Crippen LogP contribution in [0.3, 0.4) is 0 Å². The molecule has 0 radical (unpaired) electrons. The number of amides is 1. The van der Waals surface area contributed by atoms with Crippen LogP contribution >= 0.6 is 0 Å². The molecule has 2 N–H and O–H groups in total. The van der Waals surface area contributed by atoms with Crippen LogP contribution in [0.5, 0.6) is 0 Å². The van der Waals surface area contributed by atoms with Crippen LogP contribution in [0.15, 0.2) is 18.7 Å². The molecule has 0 spiro atoms. The molecule has 116 valence electrons. The maximum Gasteiger partial charge on any atom is 0.227 e. The number of imidazole rings is 1. The lowest BCUT2D eigenvalue weighted by molar-refractivity contribution is -0.140. The van der Waals surface area contributed by atoms with Gasteiger partial charge in [0.1, 0.15) is 0 Å². The Morgan fingerprint density at radius 1 is 1.29 bits per heavy atom. The average Bonchev–Trinajstić information content (AvgIpc) is 3.00. The molecule has 1 amide bonds. The fraction of sp³-hybridized carbons (Fsp3) is 0.750. The molecule has 0 bridgehead atoms. The van der Waals surface area contributed by atoms with Crippen LogP contribution in [0.25, 0.3) is 0 Å². The lowest BCUT2D eigenvalue weighted by Crippen LogP contribution is -2.54. The quantitative estimate of drug-likeness (QED) is 0.905. The van der Waals surface area contributed by atoms with Gasteiger partial charge in [0.2, 0.25) is 5.91 Å². The maximum absolute atomic E-state index is 12.8. The first kappa shape index (κ1) is 14.6. The minimum atomic E-state index is -0.323. The van der Waals surface area contributed by atoms with Crippen molar-refractivity contribution in [2.24, 2.45) is 11.7 Å². The van der Waals surface area contributed by atoms with E-state index >= 15 is 0 Å². The third-order valence-corrected chi connectivity index (χ3v) is 5.28. The lowest BCUT2D eigenvalue weighted by Gasteiger charge is -2.42. The van der Waals surface area contributed by atoms with Crippen LogP contribution in [-0.2, 0) is 4.79 Å². The van der Waals surface area contributed by atoms with E-state index in [0.717, 1.165) is 51.6 Å². The Balaban J connectivity index is 1.60. The summed E-state index contributed by atoms with van der Waals surface area (Å²) in [5.74, 6) is 0.292. The van der Waals surface area contributed by atoms with Crippen molar-refractivity contribution in [3.63, 3.8) is 0 Å². The predicted molar refractivity (Wildman–Crippen MR) is 81.6 cm³/mol. The van der Waals surface area contributed by atoms with Gasteiger partial charge in [0, 0.05) is 37.1 Å². The lowest BCUT2D eigenvalue weighted by atomic mass is 9.74. The molecule has 3 rings (SSSR count). The Labute approximate surface area is 126 Å². The largest absolute Gasteiger partial charge is 0.342 e. The van der Waals surface area contributed by atoms with Crippen molar-refractivity contribution < 1.29 is 4.79 Å². The Hall–Kier alpha value is -1.36. The van der Waals surface area contributed by atoms with Gasteiger partial charge >= 0.3 is 0 Å². The molecule has 2 aliphatic rings. The molecule has 1 aliphatic heterocycles. The third kappa shape index (κ3) is 2.98. The van der Waals surface area contributed by atoms with E-state index in [0.29, 0.717) is 6.04 Å². The second-order valence-electron chi connectivity index (χ2n) is 6.87. The standard InChI is InChI=1S/C16H26N4O/c1-16(17)7-3-2-4-14(16)15(21)19-9-5-13(6-10-19)20-11-8-18-12-20/h8,11-14H,2-7,9-10,17H2,1H3. The number of carbonyl (C=O) groups is 1. The monoisotopic (exact) mass is 290 g/mol. The number of hydrogen-bond donors (Lipinski definition) is 1. The van der Waals surface area contributed by atoms with Crippen molar-refractivity contribution in [1.29, 1.82) is 0 Å². The van der Waals surface area contributed by atoms with Crippen molar-refractivity contribution in [1.82, 2.24) is 14.5 Å². The Bertz CT molecular complexity index is 474. The highest BCUT2D eigenvalue weighted by Gasteiger charge is 2.40. The van der Waals surface area contributed by atoms with Gasteiger partial charge in [-0.2, -0.15) is 0 Å². The van der Waals surface area contributed by atoms with Gasteiger partial charge in [-0.15, -0.1) is 0 Å². The van der Waals surface area contributed by atoms with E-state index in [-0.39, 0.29) is 17.4 Å². The van der Waals surface area contributed by atoms with Gasteiger partial charge in [-0.1, -0.05) is 12.8 Å². The number of nitrogens with zero attached hydrogens (tertiary/aromatic N) is 3. The topological polar surface area (TPSA) is 64.2 Å². The Morgan fingerprint density at radius 2 is 2.05 bits per heavy atom. The first-order valence-electron chi connectivity index (χ1n) is 8.13. The first-order valence-corrected chi connectivity index (χ1v) is 8.13. The summed E-state index contributed by atoms with van der Waals surface area (Å²) in [4.78, 5) is 18.9. The molecule has 2 unspecified atom stereocenters. The number of hydrogen-bond acceptors (Lipinski definition) is 3. The van der Waals surface area contributed by atoms with E-state index in [1.807, 2.05) is 30.5 Å². The first-order chi connectivity index (χ1) is 10.1. The second-order valence-corrected chi connectivity index (χ2v) is 6.87. The molecular formula is C16H26N4O. The molecule has 1 aromatic rings. The SMILES string of the molecule is CC1(N)CCCCC1C(=O)N1CCC(n2ccnc2)CC1. The summed E-state index contributed by atoms with van der Waals surface area (Å²) in [6.07, 6.45) is 11.9. The van der Waals surface area contributed by atoms with E-state index < -0.39 is 0 Å². The molecular weight excluding hydrogens is 264 g/mol. The third-order valence-electron chi connectivity index (χ3n) is 5.28. The van der Waals surface area contributed by atoms with E-state index in [1.165, 1.54) is 0 Å². The number of piperidine rings is 1. The molecule has 1 saturated heterocycles. The zero-order valence-electron chi connectivity index (χ0n) is 12.9. The zero-order chi connectivity index (χ0) is 14.9. The zero-order valence-corrected chi connectivity index (χ0v) is 12.9. The number of aromatic nitrogens is 2. The highest BCUT2D eigenvalue weighted by atomic mass is 16.2. The fourth-order valence-corrected chi connectivity index (χ4v) is 3.85. The van der Waals surface area contributed by atoms with Gasteiger partial charge in [0.05, 0.1) is 12.2 Å².